The van der Waals surface area contributed by atoms with E-state index in [4.69, 9.17) is 4.74 Å². The first-order valence-corrected chi connectivity index (χ1v) is 7.90. The van der Waals surface area contributed by atoms with Gasteiger partial charge in [-0.05, 0) is 42.2 Å². The van der Waals surface area contributed by atoms with E-state index in [1.54, 1.807) is 11.3 Å². The third kappa shape index (κ3) is 7.56. The lowest BCUT2D eigenvalue weighted by molar-refractivity contribution is 0.0607. The second-order valence-electron chi connectivity index (χ2n) is 4.77. The predicted octanol–water partition coefficient (Wildman–Crippen LogP) is 5.06. The molecule has 0 spiro atoms. The molecule has 0 aliphatic heterocycles. The van der Waals surface area contributed by atoms with E-state index in [0.29, 0.717) is 6.10 Å². The van der Waals surface area contributed by atoms with Gasteiger partial charge < -0.3 is 4.74 Å². The van der Waals surface area contributed by atoms with Gasteiger partial charge in [-0.15, -0.1) is 0 Å². The fourth-order valence-corrected chi connectivity index (χ4v) is 2.63. The molecule has 0 saturated heterocycles. The van der Waals surface area contributed by atoms with E-state index in [9.17, 15) is 0 Å². The Morgan fingerprint density at radius 3 is 2.76 bits per heavy atom. The van der Waals surface area contributed by atoms with E-state index < -0.39 is 0 Å². The molecule has 0 aliphatic rings. The molecule has 0 unspecified atom stereocenters. The molecule has 1 atom stereocenters. The topological polar surface area (TPSA) is 9.23 Å². The molecule has 0 aliphatic carbocycles. The van der Waals surface area contributed by atoms with Crippen molar-refractivity contribution in [3.05, 3.63) is 22.4 Å². The Balaban J connectivity index is 1.92. The highest BCUT2D eigenvalue weighted by atomic mass is 32.1. The summed E-state index contributed by atoms with van der Waals surface area (Å²) < 4.78 is 5.83. The van der Waals surface area contributed by atoms with Gasteiger partial charge in [0, 0.05) is 0 Å². The summed E-state index contributed by atoms with van der Waals surface area (Å²) in [6.45, 7) is 5.33. The first-order chi connectivity index (χ1) is 8.33. The number of unbranched alkanes of at least 4 members (excludes halogenated alkanes) is 4. The van der Waals surface area contributed by atoms with Gasteiger partial charge in [-0.25, -0.2) is 0 Å². The van der Waals surface area contributed by atoms with Crippen LogP contribution in [0.5, 0.6) is 0 Å². The van der Waals surface area contributed by atoms with E-state index in [0.717, 1.165) is 13.0 Å². The molecule has 0 bridgehead atoms. The van der Waals surface area contributed by atoms with Gasteiger partial charge in [-0.1, -0.05) is 39.0 Å². The van der Waals surface area contributed by atoms with Crippen molar-refractivity contribution in [2.75, 3.05) is 6.61 Å². The molecule has 0 radical (unpaired) electrons. The smallest absolute Gasteiger partial charge is 0.0547 e. The SMILES string of the molecule is CCCCCCC[C@H](C)OCCc1ccsc1. The van der Waals surface area contributed by atoms with E-state index in [1.807, 2.05) is 0 Å². The van der Waals surface area contributed by atoms with Crippen LogP contribution in [-0.2, 0) is 11.2 Å². The Morgan fingerprint density at radius 2 is 2.06 bits per heavy atom. The molecule has 17 heavy (non-hydrogen) atoms. The molecule has 1 rings (SSSR count). The third-order valence-electron chi connectivity index (χ3n) is 3.09. The molecule has 98 valence electrons. The Kier molecular flexibility index (Phi) is 8.37. The zero-order valence-electron chi connectivity index (χ0n) is 11.3. The van der Waals surface area contributed by atoms with E-state index in [1.165, 1.54) is 44.1 Å². The molecular weight excluding hydrogens is 228 g/mol. The Bertz CT molecular complexity index is 256. The lowest BCUT2D eigenvalue weighted by Gasteiger charge is -2.12. The first kappa shape index (κ1) is 14.7. The lowest BCUT2D eigenvalue weighted by Crippen LogP contribution is -2.10. The number of ether oxygens (including phenoxy) is 1. The molecule has 0 aromatic carbocycles. The van der Waals surface area contributed by atoms with Crippen molar-refractivity contribution in [1.29, 1.82) is 0 Å². The summed E-state index contributed by atoms with van der Waals surface area (Å²) in [4.78, 5) is 0. The van der Waals surface area contributed by atoms with Crippen molar-refractivity contribution in [2.45, 2.75) is 64.9 Å². The van der Waals surface area contributed by atoms with Crippen molar-refractivity contribution in [2.24, 2.45) is 0 Å². The van der Waals surface area contributed by atoms with Crippen LogP contribution in [0.1, 0.15) is 57.9 Å². The van der Waals surface area contributed by atoms with Gasteiger partial charge in [0.1, 0.15) is 0 Å². The van der Waals surface area contributed by atoms with Crippen molar-refractivity contribution in [3.63, 3.8) is 0 Å². The second-order valence-corrected chi connectivity index (χ2v) is 5.55. The number of thiophene rings is 1. The van der Waals surface area contributed by atoms with Crippen molar-refractivity contribution in [3.8, 4) is 0 Å². The Morgan fingerprint density at radius 1 is 1.24 bits per heavy atom. The summed E-state index contributed by atoms with van der Waals surface area (Å²) in [6, 6.07) is 2.18. The summed E-state index contributed by atoms with van der Waals surface area (Å²) in [5, 5.41) is 4.34. The van der Waals surface area contributed by atoms with Crippen LogP contribution in [0.3, 0.4) is 0 Å². The fraction of sp³-hybridized carbons (Fsp3) is 0.733. The Labute approximate surface area is 110 Å². The largest absolute Gasteiger partial charge is 0.378 e. The summed E-state index contributed by atoms with van der Waals surface area (Å²) in [5.41, 5.74) is 1.41. The van der Waals surface area contributed by atoms with Crippen molar-refractivity contribution >= 4 is 11.3 Å². The molecule has 0 saturated carbocycles. The van der Waals surface area contributed by atoms with Crippen LogP contribution in [0.4, 0.5) is 0 Å². The molecule has 2 heteroatoms. The van der Waals surface area contributed by atoms with Crippen LogP contribution in [0, 0.1) is 0 Å². The molecule has 1 nitrogen and oxygen atoms in total. The van der Waals surface area contributed by atoms with Gasteiger partial charge >= 0.3 is 0 Å². The van der Waals surface area contributed by atoms with Gasteiger partial charge in [0.05, 0.1) is 12.7 Å². The summed E-state index contributed by atoms with van der Waals surface area (Å²) in [5.74, 6) is 0. The minimum absolute atomic E-state index is 0.426. The average molecular weight is 254 g/mol. The van der Waals surface area contributed by atoms with Crippen LogP contribution in [-0.4, -0.2) is 12.7 Å². The number of rotatable bonds is 10. The van der Waals surface area contributed by atoms with Gasteiger partial charge in [0.2, 0.25) is 0 Å². The van der Waals surface area contributed by atoms with Crippen LogP contribution < -0.4 is 0 Å². The third-order valence-corrected chi connectivity index (χ3v) is 3.82. The maximum atomic E-state index is 5.83. The Hall–Kier alpha value is -0.340. The molecule has 0 N–H and O–H groups in total. The number of hydrogen-bond donors (Lipinski definition) is 0. The summed E-state index contributed by atoms with van der Waals surface area (Å²) in [7, 11) is 0. The van der Waals surface area contributed by atoms with Crippen LogP contribution in [0.25, 0.3) is 0 Å². The van der Waals surface area contributed by atoms with Gasteiger partial charge in [0.15, 0.2) is 0 Å². The average Bonchev–Trinajstić information content (AvgIpc) is 2.82. The maximum Gasteiger partial charge on any atom is 0.0547 e. The molecule has 1 heterocycles. The summed E-state index contributed by atoms with van der Waals surface area (Å²) in [6.07, 6.45) is 9.48. The van der Waals surface area contributed by atoms with E-state index in [-0.39, 0.29) is 0 Å². The maximum absolute atomic E-state index is 5.83. The monoisotopic (exact) mass is 254 g/mol. The van der Waals surface area contributed by atoms with Crippen LogP contribution in [0.15, 0.2) is 16.8 Å². The minimum atomic E-state index is 0.426. The predicted molar refractivity (Wildman–Crippen MR) is 76.8 cm³/mol. The van der Waals surface area contributed by atoms with Gasteiger partial charge in [-0.3, -0.25) is 0 Å². The second kappa shape index (κ2) is 9.67. The first-order valence-electron chi connectivity index (χ1n) is 6.95. The normalized spacial score (nSPS) is 12.8. The van der Waals surface area contributed by atoms with E-state index in [2.05, 4.69) is 30.7 Å². The highest BCUT2D eigenvalue weighted by Gasteiger charge is 2.02. The standard InChI is InChI=1S/C15H26OS/c1-3-4-5-6-7-8-14(2)16-11-9-15-10-12-17-13-15/h10,12-14H,3-9,11H2,1-2H3/t14-/m0/s1. The van der Waals surface area contributed by atoms with Crippen LogP contribution >= 0.6 is 11.3 Å². The highest BCUT2D eigenvalue weighted by molar-refractivity contribution is 7.07. The van der Waals surface area contributed by atoms with E-state index >= 15 is 0 Å². The van der Waals surface area contributed by atoms with Crippen LogP contribution in [0.2, 0.25) is 0 Å². The zero-order valence-corrected chi connectivity index (χ0v) is 12.1. The number of hydrogen-bond acceptors (Lipinski definition) is 2. The van der Waals surface area contributed by atoms with Crippen molar-refractivity contribution in [1.82, 2.24) is 0 Å². The zero-order chi connectivity index (χ0) is 12.3. The molecule has 1 aromatic rings. The summed E-state index contributed by atoms with van der Waals surface area (Å²) >= 11 is 1.76. The molecule has 0 fully saturated rings. The minimum Gasteiger partial charge on any atom is -0.378 e. The van der Waals surface area contributed by atoms with Gasteiger partial charge in [0.25, 0.3) is 0 Å². The highest BCUT2D eigenvalue weighted by Crippen LogP contribution is 2.11. The molecule has 0 amide bonds. The quantitative estimate of drug-likeness (QED) is 0.530. The molecule has 1 aromatic heterocycles. The van der Waals surface area contributed by atoms with Gasteiger partial charge in [-0.2, -0.15) is 11.3 Å². The van der Waals surface area contributed by atoms with Crippen molar-refractivity contribution < 1.29 is 4.74 Å². The molecular formula is C15H26OS. The fourth-order valence-electron chi connectivity index (χ4n) is 1.93. The lowest BCUT2D eigenvalue weighted by atomic mass is 10.1.